The lowest BCUT2D eigenvalue weighted by Crippen LogP contribution is -1.79. The number of rotatable bonds is 0. The van der Waals surface area contributed by atoms with Crippen molar-refractivity contribution < 1.29 is 4.74 Å². The molecule has 0 fully saturated rings. The standard InChI is InChI=1S/C3H2BrNO/c4-3-5-1-2-6-3/h1H2. The molecule has 2 nitrogen and oxygen atoms in total. The van der Waals surface area contributed by atoms with E-state index in [1.807, 2.05) is 0 Å². The van der Waals surface area contributed by atoms with Crippen LogP contribution in [0.5, 0.6) is 0 Å². The molecule has 6 heavy (non-hydrogen) atoms. The SMILES string of the molecule is BrC1=NC[C]O1. The zero-order valence-corrected chi connectivity index (χ0v) is 4.53. The van der Waals surface area contributed by atoms with Crippen LogP contribution in [-0.4, -0.2) is 11.4 Å². The van der Waals surface area contributed by atoms with E-state index in [1.54, 1.807) is 0 Å². The fourth-order valence-corrected chi connectivity index (χ4v) is 0.458. The fourth-order valence-electron chi connectivity index (χ4n) is 0.219. The van der Waals surface area contributed by atoms with Crippen molar-refractivity contribution in [2.45, 2.75) is 0 Å². The second kappa shape index (κ2) is 1.60. The van der Waals surface area contributed by atoms with Crippen molar-refractivity contribution >= 4 is 20.7 Å². The fraction of sp³-hybridized carbons (Fsp3) is 0.333. The molecule has 0 unspecified atom stereocenters. The second-order valence-corrected chi connectivity index (χ2v) is 1.49. The van der Waals surface area contributed by atoms with Gasteiger partial charge in [-0.15, -0.1) is 0 Å². The van der Waals surface area contributed by atoms with Gasteiger partial charge in [0.2, 0.25) is 6.61 Å². The van der Waals surface area contributed by atoms with Crippen LogP contribution < -0.4 is 0 Å². The minimum atomic E-state index is 0.530. The first-order chi connectivity index (χ1) is 2.89. The summed E-state index contributed by atoms with van der Waals surface area (Å²) < 4.78 is 4.57. The van der Waals surface area contributed by atoms with Crippen molar-refractivity contribution in [3.63, 3.8) is 0 Å². The summed E-state index contributed by atoms with van der Waals surface area (Å²) in [7, 11) is 0. The van der Waals surface area contributed by atoms with Gasteiger partial charge in [0, 0.05) is 15.9 Å². The van der Waals surface area contributed by atoms with E-state index >= 15 is 0 Å². The molecule has 2 radical (unpaired) electrons. The van der Waals surface area contributed by atoms with E-state index in [9.17, 15) is 0 Å². The van der Waals surface area contributed by atoms with Crippen LogP contribution in [-0.2, 0) is 4.74 Å². The van der Waals surface area contributed by atoms with Crippen LogP contribution in [0, 0.1) is 6.61 Å². The van der Waals surface area contributed by atoms with Gasteiger partial charge in [-0.1, -0.05) is 0 Å². The van der Waals surface area contributed by atoms with E-state index < -0.39 is 0 Å². The van der Waals surface area contributed by atoms with Crippen molar-refractivity contribution in [3.8, 4) is 0 Å². The number of halogens is 1. The summed E-state index contributed by atoms with van der Waals surface area (Å²) in [6.45, 7) is 3.08. The van der Waals surface area contributed by atoms with Gasteiger partial charge in [-0.25, -0.2) is 4.99 Å². The monoisotopic (exact) mass is 147 g/mol. The Morgan fingerprint density at radius 1 is 2.00 bits per heavy atom. The summed E-state index contributed by atoms with van der Waals surface area (Å²) in [4.78, 5) is 4.27. The quantitative estimate of drug-likeness (QED) is 0.497. The molecule has 1 aliphatic rings. The zero-order chi connectivity index (χ0) is 4.41. The summed E-state index contributed by atoms with van der Waals surface area (Å²) in [5.41, 5.74) is 0. The Kier molecular flexibility index (Phi) is 1.10. The lowest BCUT2D eigenvalue weighted by atomic mass is 10.8. The predicted molar refractivity (Wildman–Crippen MR) is 25.6 cm³/mol. The minimum Gasteiger partial charge on any atom is -0.455 e. The highest BCUT2D eigenvalue weighted by molar-refractivity contribution is 9.18. The first kappa shape index (κ1) is 4.12. The Bertz CT molecular complexity index is 80.9. The highest BCUT2D eigenvalue weighted by atomic mass is 79.9. The highest BCUT2D eigenvalue weighted by Gasteiger charge is 2.01. The topological polar surface area (TPSA) is 21.6 Å². The molecule has 32 valence electrons. The molecule has 0 bridgehead atoms. The van der Waals surface area contributed by atoms with Gasteiger partial charge in [0.25, 0.3) is 4.81 Å². The van der Waals surface area contributed by atoms with Gasteiger partial charge in [-0.2, -0.15) is 0 Å². The smallest absolute Gasteiger partial charge is 0.255 e. The third kappa shape index (κ3) is 0.712. The lowest BCUT2D eigenvalue weighted by Gasteiger charge is -1.81. The zero-order valence-electron chi connectivity index (χ0n) is 2.94. The first-order valence-electron chi connectivity index (χ1n) is 1.49. The van der Waals surface area contributed by atoms with E-state index in [0.717, 1.165) is 0 Å². The van der Waals surface area contributed by atoms with Crippen molar-refractivity contribution in [3.05, 3.63) is 6.61 Å². The Morgan fingerprint density at radius 2 is 2.83 bits per heavy atom. The largest absolute Gasteiger partial charge is 0.455 e. The van der Waals surface area contributed by atoms with Crippen molar-refractivity contribution in [2.24, 2.45) is 4.99 Å². The van der Waals surface area contributed by atoms with Gasteiger partial charge >= 0.3 is 0 Å². The van der Waals surface area contributed by atoms with E-state index in [-0.39, 0.29) is 0 Å². The molecule has 0 amide bonds. The van der Waals surface area contributed by atoms with Crippen LogP contribution in [0.4, 0.5) is 0 Å². The summed E-state index contributed by atoms with van der Waals surface area (Å²) in [5.74, 6) is 0. The van der Waals surface area contributed by atoms with Gasteiger partial charge in [-0.05, 0) is 0 Å². The minimum absolute atomic E-state index is 0.530. The molecule has 3 heteroatoms. The van der Waals surface area contributed by atoms with Crippen molar-refractivity contribution in [2.75, 3.05) is 6.54 Å². The van der Waals surface area contributed by atoms with Crippen LogP contribution in [0.3, 0.4) is 0 Å². The average molecular weight is 148 g/mol. The predicted octanol–water partition coefficient (Wildman–Crippen LogP) is 0.806. The van der Waals surface area contributed by atoms with Crippen LogP contribution >= 0.6 is 15.9 Å². The molecule has 0 N–H and O–H groups in total. The van der Waals surface area contributed by atoms with Gasteiger partial charge in [0.15, 0.2) is 0 Å². The van der Waals surface area contributed by atoms with Crippen molar-refractivity contribution in [1.29, 1.82) is 0 Å². The maximum Gasteiger partial charge on any atom is 0.255 e. The van der Waals surface area contributed by atoms with E-state index in [1.165, 1.54) is 0 Å². The molecule has 0 atom stereocenters. The van der Waals surface area contributed by atoms with Crippen LogP contribution in [0.1, 0.15) is 0 Å². The maximum absolute atomic E-state index is 4.57. The summed E-state index contributed by atoms with van der Waals surface area (Å²) in [5, 5.41) is 0. The number of hydrogen-bond donors (Lipinski definition) is 0. The average Bonchev–Trinajstić information content (AvgIpc) is 1.86. The van der Waals surface area contributed by atoms with Crippen LogP contribution in [0.25, 0.3) is 0 Å². The Balaban J connectivity index is 2.45. The number of aliphatic imine (C=N–C) groups is 1. The molecule has 0 aromatic carbocycles. The Hall–Kier alpha value is -0.0500. The molecule has 0 saturated carbocycles. The van der Waals surface area contributed by atoms with Crippen LogP contribution in [0.2, 0.25) is 0 Å². The van der Waals surface area contributed by atoms with E-state index in [4.69, 9.17) is 0 Å². The Morgan fingerprint density at radius 3 is 3.00 bits per heavy atom. The lowest BCUT2D eigenvalue weighted by molar-refractivity contribution is 0.439. The molecule has 1 rings (SSSR count). The number of hydrogen-bond acceptors (Lipinski definition) is 2. The van der Waals surface area contributed by atoms with Crippen LogP contribution in [0.15, 0.2) is 4.99 Å². The summed E-state index contributed by atoms with van der Waals surface area (Å²) >= 11 is 3.00. The molecular formula is C3H2BrNO. The molecule has 0 aromatic heterocycles. The molecule has 0 saturated heterocycles. The third-order valence-corrected chi connectivity index (χ3v) is 0.837. The van der Waals surface area contributed by atoms with Crippen molar-refractivity contribution in [1.82, 2.24) is 0 Å². The van der Waals surface area contributed by atoms with E-state index in [2.05, 4.69) is 32.3 Å². The maximum atomic E-state index is 4.57. The molecule has 0 spiro atoms. The summed E-state index contributed by atoms with van der Waals surface area (Å²) in [6, 6.07) is 0. The van der Waals surface area contributed by atoms with Gasteiger partial charge in [-0.3, -0.25) is 0 Å². The summed E-state index contributed by atoms with van der Waals surface area (Å²) in [6.07, 6.45) is 0. The second-order valence-electron chi connectivity index (χ2n) is 0.816. The van der Waals surface area contributed by atoms with E-state index in [0.29, 0.717) is 11.4 Å². The molecule has 0 aromatic rings. The first-order valence-corrected chi connectivity index (χ1v) is 2.28. The normalized spacial score (nSPS) is 19.8. The molecule has 1 heterocycles. The highest BCUT2D eigenvalue weighted by Crippen LogP contribution is 2.02. The number of nitrogens with zero attached hydrogens (tertiary/aromatic N) is 1. The Labute approximate surface area is 44.3 Å². The van der Waals surface area contributed by atoms with Gasteiger partial charge < -0.3 is 4.74 Å². The molecular weight excluding hydrogens is 146 g/mol. The number of ether oxygens (including phenoxy) is 1. The molecule has 0 aliphatic carbocycles. The molecule has 1 aliphatic heterocycles. The third-order valence-electron chi connectivity index (χ3n) is 0.424. The van der Waals surface area contributed by atoms with Gasteiger partial charge in [0.1, 0.15) is 0 Å². The van der Waals surface area contributed by atoms with Gasteiger partial charge in [0.05, 0.1) is 6.54 Å².